The zero-order chi connectivity index (χ0) is 20.6. The molecule has 4 heteroatoms. The van der Waals surface area contributed by atoms with Crippen LogP contribution < -0.4 is 10.4 Å². The maximum atomic E-state index is 7.21. The van der Waals surface area contributed by atoms with Gasteiger partial charge < -0.3 is 4.43 Å². The normalized spacial score (nSPS) is 14.4. The molecule has 2 aromatic rings. The van der Waals surface area contributed by atoms with Crippen LogP contribution in [0.4, 0.5) is 0 Å². The highest BCUT2D eigenvalue weighted by molar-refractivity contribution is 14.1. The van der Waals surface area contributed by atoms with Crippen LogP contribution in [0.2, 0.25) is 5.04 Å². The first-order valence-electron chi connectivity index (χ1n) is 9.67. The van der Waals surface area contributed by atoms with Gasteiger partial charge in [0.05, 0.1) is 6.10 Å². The number of hydrogen-bond acceptors (Lipinski definition) is 1. The molecule has 0 amide bonds. The van der Waals surface area contributed by atoms with Gasteiger partial charge in [0.2, 0.25) is 0 Å². The molecule has 0 saturated carbocycles. The molecular formula is C24H30ClIOSi. The summed E-state index contributed by atoms with van der Waals surface area (Å²) in [4.78, 5) is 0. The van der Waals surface area contributed by atoms with E-state index in [0.29, 0.717) is 0 Å². The molecule has 150 valence electrons. The third-order valence-corrected chi connectivity index (χ3v) is 10.7. The van der Waals surface area contributed by atoms with E-state index >= 15 is 0 Å². The molecule has 0 aromatic heterocycles. The fourth-order valence-corrected chi connectivity index (χ4v) is 8.72. The van der Waals surface area contributed by atoms with Gasteiger partial charge >= 0.3 is 0 Å². The van der Waals surface area contributed by atoms with Gasteiger partial charge in [-0.3, -0.25) is 0 Å². The molecule has 1 atom stereocenters. The predicted octanol–water partition coefficient (Wildman–Crippen LogP) is 6.80. The van der Waals surface area contributed by atoms with Crippen LogP contribution in [0, 0.1) is 0 Å². The van der Waals surface area contributed by atoms with E-state index in [-0.39, 0.29) is 11.1 Å². The van der Waals surface area contributed by atoms with Gasteiger partial charge in [-0.2, -0.15) is 0 Å². The maximum absolute atomic E-state index is 7.21. The second-order valence-corrected chi connectivity index (χ2v) is 13.6. The summed E-state index contributed by atoms with van der Waals surface area (Å²) in [6.07, 6.45) is 6.01. The predicted molar refractivity (Wildman–Crippen MR) is 134 cm³/mol. The van der Waals surface area contributed by atoms with Gasteiger partial charge in [0.15, 0.2) is 0 Å². The molecule has 0 saturated heterocycles. The molecular weight excluding hydrogens is 495 g/mol. The quantitative estimate of drug-likeness (QED) is 0.272. The van der Waals surface area contributed by atoms with Gasteiger partial charge in [-0.1, -0.05) is 128 Å². The van der Waals surface area contributed by atoms with Crippen molar-refractivity contribution in [1.29, 1.82) is 0 Å². The second kappa shape index (κ2) is 10.8. The monoisotopic (exact) mass is 524 g/mol. The van der Waals surface area contributed by atoms with E-state index in [1.54, 1.807) is 0 Å². The number of hydrogen-bond donors (Lipinski definition) is 0. The minimum Gasteiger partial charge on any atom is -0.404 e. The van der Waals surface area contributed by atoms with Crippen LogP contribution in [0.25, 0.3) is 0 Å². The summed E-state index contributed by atoms with van der Waals surface area (Å²) in [5.74, 6) is 0. The zero-order valence-electron chi connectivity index (χ0n) is 17.2. The standard InChI is InChI=1S/C24H30ClIOSi/c1-20(25)17-18-21(12-11-19-26)27-28(24(2,3)4,22-13-7-5-8-14-22)23-15-9-6-10-16-23/h5-11,13-17,19,21H,12,18H2,1-4H3/t21-/m1/s1. The smallest absolute Gasteiger partial charge is 0.261 e. The second-order valence-electron chi connectivity index (χ2n) is 8.03. The SMILES string of the molecule is CC(Cl)=CC[C@@H](CC=CI)O[Si](c1ccccc1)(c1ccccc1)C(C)(C)C. The summed E-state index contributed by atoms with van der Waals surface area (Å²) in [6, 6.07) is 21.6. The van der Waals surface area contributed by atoms with Gasteiger partial charge in [0.25, 0.3) is 8.32 Å². The van der Waals surface area contributed by atoms with Crippen molar-refractivity contribution in [3.05, 3.63) is 81.9 Å². The van der Waals surface area contributed by atoms with Crippen LogP contribution in [0.3, 0.4) is 0 Å². The van der Waals surface area contributed by atoms with Crippen LogP contribution in [0.5, 0.6) is 0 Å². The lowest BCUT2D eigenvalue weighted by Gasteiger charge is -2.45. The van der Waals surface area contributed by atoms with Gasteiger partial charge in [-0.25, -0.2) is 0 Å². The fraction of sp³-hybridized carbons (Fsp3) is 0.333. The molecule has 0 radical (unpaired) electrons. The fourth-order valence-electron chi connectivity index (χ4n) is 3.63. The lowest BCUT2D eigenvalue weighted by Crippen LogP contribution is -2.67. The summed E-state index contributed by atoms with van der Waals surface area (Å²) in [5, 5.41) is 3.41. The average Bonchev–Trinajstić information content (AvgIpc) is 2.68. The maximum Gasteiger partial charge on any atom is 0.261 e. The van der Waals surface area contributed by atoms with Gasteiger partial charge in [-0.05, 0) is 39.3 Å². The van der Waals surface area contributed by atoms with Crippen molar-refractivity contribution in [2.75, 3.05) is 0 Å². The molecule has 0 unspecified atom stereocenters. The first-order valence-corrected chi connectivity index (χ1v) is 13.2. The Balaban J connectivity index is 2.63. The number of rotatable bonds is 8. The Kier molecular flexibility index (Phi) is 9.00. The van der Waals surface area contributed by atoms with E-state index in [0.717, 1.165) is 17.9 Å². The number of benzene rings is 2. The molecule has 0 spiro atoms. The molecule has 0 heterocycles. The van der Waals surface area contributed by atoms with E-state index in [1.165, 1.54) is 10.4 Å². The molecule has 0 fully saturated rings. The van der Waals surface area contributed by atoms with E-state index in [1.807, 2.05) is 6.92 Å². The molecule has 0 N–H and O–H groups in total. The Labute approximate surface area is 190 Å². The molecule has 0 aliphatic carbocycles. The molecule has 0 aliphatic heterocycles. The first-order chi connectivity index (χ1) is 13.3. The van der Waals surface area contributed by atoms with E-state index in [4.69, 9.17) is 16.0 Å². The molecule has 2 aromatic carbocycles. The highest BCUT2D eigenvalue weighted by Gasteiger charge is 2.51. The highest BCUT2D eigenvalue weighted by Crippen LogP contribution is 2.38. The number of halogens is 2. The van der Waals surface area contributed by atoms with Crippen molar-refractivity contribution in [2.45, 2.75) is 51.7 Å². The Morgan fingerprint density at radius 1 is 1.00 bits per heavy atom. The molecule has 0 bridgehead atoms. The summed E-state index contributed by atoms with van der Waals surface area (Å²) in [6.45, 7) is 8.86. The van der Waals surface area contributed by atoms with Crippen LogP contribution in [0.15, 0.2) is 81.9 Å². The van der Waals surface area contributed by atoms with Crippen molar-refractivity contribution in [3.8, 4) is 0 Å². The lowest BCUT2D eigenvalue weighted by molar-refractivity contribution is 0.193. The van der Waals surface area contributed by atoms with Crippen molar-refractivity contribution in [3.63, 3.8) is 0 Å². The largest absolute Gasteiger partial charge is 0.404 e. The third kappa shape index (κ3) is 5.82. The summed E-state index contributed by atoms with van der Waals surface area (Å²) < 4.78 is 9.27. The Hall–Kier alpha value is -0.883. The van der Waals surface area contributed by atoms with E-state index < -0.39 is 8.32 Å². The molecule has 2 rings (SSSR count). The van der Waals surface area contributed by atoms with Crippen LogP contribution >= 0.6 is 34.2 Å². The van der Waals surface area contributed by atoms with E-state index in [2.05, 4.69) is 120 Å². The minimum atomic E-state index is -2.54. The number of allylic oxidation sites excluding steroid dienone is 1. The van der Waals surface area contributed by atoms with Gasteiger partial charge in [0, 0.05) is 5.03 Å². The summed E-state index contributed by atoms with van der Waals surface area (Å²) >= 11 is 8.42. The van der Waals surface area contributed by atoms with Crippen LogP contribution in [-0.4, -0.2) is 14.4 Å². The highest BCUT2D eigenvalue weighted by atomic mass is 127. The minimum absolute atomic E-state index is 0.0261. The Bertz CT molecular complexity index is 738. The summed E-state index contributed by atoms with van der Waals surface area (Å²) in [7, 11) is -2.54. The van der Waals surface area contributed by atoms with Crippen molar-refractivity contribution in [1.82, 2.24) is 0 Å². The van der Waals surface area contributed by atoms with Crippen LogP contribution in [0.1, 0.15) is 40.5 Å². The van der Waals surface area contributed by atoms with Crippen molar-refractivity contribution >= 4 is 52.9 Å². The zero-order valence-corrected chi connectivity index (χ0v) is 21.1. The molecule has 28 heavy (non-hydrogen) atoms. The molecule has 0 aliphatic rings. The molecule has 1 nitrogen and oxygen atoms in total. The lowest BCUT2D eigenvalue weighted by atomic mass is 10.2. The van der Waals surface area contributed by atoms with E-state index in [9.17, 15) is 0 Å². The first kappa shape index (κ1) is 23.4. The van der Waals surface area contributed by atoms with Crippen molar-refractivity contribution < 1.29 is 4.43 Å². The third-order valence-electron chi connectivity index (χ3n) is 4.91. The topological polar surface area (TPSA) is 9.23 Å². The Morgan fingerprint density at radius 2 is 1.50 bits per heavy atom. The Morgan fingerprint density at radius 3 is 1.89 bits per heavy atom. The average molecular weight is 525 g/mol. The summed E-state index contributed by atoms with van der Waals surface area (Å²) in [5.41, 5.74) is 0. The van der Waals surface area contributed by atoms with Crippen LogP contribution in [-0.2, 0) is 4.43 Å². The van der Waals surface area contributed by atoms with Crippen molar-refractivity contribution in [2.24, 2.45) is 0 Å². The van der Waals surface area contributed by atoms with Gasteiger partial charge in [-0.15, -0.1) is 0 Å². The van der Waals surface area contributed by atoms with Gasteiger partial charge in [0.1, 0.15) is 0 Å².